The molecule has 3 aliphatic carbocycles. The van der Waals surface area contributed by atoms with E-state index < -0.39 is 23.4 Å². The number of nitrogens with one attached hydrogen (secondary N) is 2. The standard InChI is InChI=1S/C37H49ClN4O3/c1-36(2,3)41-35(45)37(27-11-7-5-8-12-27)18-20-42(21-19-37)32(43)24-29(22-25-14-16-28(38)17-15-25)40-34(44)31-23-26-10-6-4-9-13-30(26)33(31)39/h6,10,14-17,27,29,31,33H,5,7-8,11-13,18-24,39H2,1-3H3,(H,40,44)(H,41,45)/t29-,31-,33+/m0/s1. The largest absolute Gasteiger partial charge is 0.352 e. The predicted molar refractivity (Wildman–Crippen MR) is 179 cm³/mol. The normalized spacial score (nSPS) is 23.8. The van der Waals surface area contributed by atoms with E-state index in [1.165, 1.54) is 6.42 Å². The van der Waals surface area contributed by atoms with Gasteiger partial charge in [0.25, 0.3) is 0 Å². The van der Waals surface area contributed by atoms with Gasteiger partial charge in [-0.05, 0) is 100 Å². The van der Waals surface area contributed by atoms with Crippen LogP contribution in [0.3, 0.4) is 0 Å². The molecule has 4 N–H and O–H groups in total. The molecule has 0 bridgehead atoms. The highest BCUT2D eigenvalue weighted by atomic mass is 35.5. The maximum Gasteiger partial charge on any atom is 0.227 e. The number of rotatable bonds is 8. The van der Waals surface area contributed by atoms with Gasteiger partial charge in [-0.15, -0.1) is 0 Å². The average molecular weight is 633 g/mol. The van der Waals surface area contributed by atoms with Crippen LogP contribution in [0, 0.1) is 29.1 Å². The first-order valence-corrected chi connectivity index (χ1v) is 17.1. The van der Waals surface area contributed by atoms with E-state index in [0.717, 1.165) is 42.4 Å². The lowest BCUT2D eigenvalue weighted by Crippen LogP contribution is -2.57. The van der Waals surface area contributed by atoms with Crippen LogP contribution in [0.15, 0.2) is 47.6 Å². The van der Waals surface area contributed by atoms with E-state index in [4.69, 9.17) is 17.3 Å². The molecule has 242 valence electrons. The van der Waals surface area contributed by atoms with Crippen molar-refractivity contribution in [2.75, 3.05) is 13.1 Å². The second kappa shape index (κ2) is 14.1. The maximum absolute atomic E-state index is 13.8. The van der Waals surface area contributed by atoms with Gasteiger partial charge in [-0.3, -0.25) is 14.4 Å². The van der Waals surface area contributed by atoms with Crippen molar-refractivity contribution in [2.45, 2.75) is 109 Å². The number of hydrogen-bond donors (Lipinski definition) is 3. The van der Waals surface area contributed by atoms with Crippen molar-refractivity contribution >= 4 is 29.3 Å². The minimum Gasteiger partial charge on any atom is -0.352 e. The van der Waals surface area contributed by atoms with E-state index in [9.17, 15) is 14.4 Å². The molecule has 0 aromatic heterocycles. The average Bonchev–Trinajstić information content (AvgIpc) is 3.15. The van der Waals surface area contributed by atoms with Crippen LogP contribution in [0.25, 0.3) is 0 Å². The van der Waals surface area contributed by atoms with Gasteiger partial charge in [0.15, 0.2) is 0 Å². The second-order valence-corrected chi connectivity index (χ2v) is 15.0. The molecule has 0 radical (unpaired) electrons. The molecule has 2 fully saturated rings. The van der Waals surface area contributed by atoms with Crippen LogP contribution in [0.4, 0.5) is 0 Å². The van der Waals surface area contributed by atoms with Crippen LogP contribution in [0.5, 0.6) is 0 Å². The number of allylic oxidation sites excluding steroid dienone is 3. The van der Waals surface area contributed by atoms with Gasteiger partial charge >= 0.3 is 0 Å². The number of carbonyl (C=O) groups is 3. The molecule has 8 heteroatoms. The lowest BCUT2D eigenvalue weighted by atomic mass is 9.63. The molecule has 3 atom stereocenters. The van der Waals surface area contributed by atoms with Gasteiger partial charge in [0.1, 0.15) is 0 Å². The molecular weight excluding hydrogens is 584 g/mol. The summed E-state index contributed by atoms with van der Waals surface area (Å²) >= 11 is 6.14. The molecule has 1 aromatic rings. The summed E-state index contributed by atoms with van der Waals surface area (Å²) < 4.78 is 0. The number of likely N-dealkylation sites (tertiary alicyclic amines) is 1. The van der Waals surface area contributed by atoms with Crippen molar-refractivity contribution in [3.8, 4) is 11.8 Å². The predicted octanol–water partition coefficient (Wildman–Crippen LogP) is 5.47. The Morgan fingerprint density at radius 2 is 1.78 bits per heavy atom. The van der Waals surface area contributed by atoms with Crippen molar-refractivity contribution in [1.82, 2.24) is 15.5 Å². The summed E-state index contributed by atoms with van der Waals surface area (Å²) in [4.78, 5) is 43.2. The maximum atomic E-state index is 13.8. The van der Waals surface area contributed by atoms with E-state index in [-0.39, 0.29) is 29.7 Å². The van der Waals surface area contributed by atoms with Crippen molar-refractivity contribution < 1.29 is 14.4 Å². The van der Waals surface area contributed by atoms with Crippen LogP contribution in [-0.4, -0.2) is 53.3 Å². The molecule has 5 rings (SSSR count). The Morgan fingerprint density at radius 3 is 2.44 bits per heavy atom. The minimum atomic E-state index is -0.441. The topological polar surface area (TPSA) is 105 Å². The number of nitrogens with zero attached hydrogens (tertiary/aromatic N) is 1. The molecule has 4 aliphatic rings. The summed E-state index contributed by atoms with van der Waals surface area (Å²) in [7, 11) is 0. The molecule has 0 unspecified atom stereocenters. The van der Waals surface area contributed by atoms with Gasteiger partial charge in [0.2, 0.25) is 17.7 Å². The summed E-state index contributed by atoms with van der Waals surface area (Å²) in [5.41, 5.74) is 8.93. The first-order chi connectivity index (χ1) is 21.4. The van der Waals surface area contributed by atoms with Gasteiger partial charge in [-0.1, -0.05) is 60.9 Å². The Bertz CT molecular complexity index is 1380. The Labute approximate surface area is 273 Å². The molecule has 1 aliphatic heterocycles. The number of benzene rings is 1. The number of nitrogens with two attached hydrogens (primary N) is 1. The Balaban J connectivity index is 1.27. The number of carbonyl (C=O) groups excluding carboxylic acids is 3. The molecule has 0 spiro atoms. The number of halogens is 1. The SMILES string of the molecule is CC(C)(C)NC(=O)C1(C2CCCCC2)CCN(C(=O)C[C@H](Cc2ccc(Cl)cc2)NC(=O)[C@H]2CC3=C(CC#CC=C3)[C@H]2N)CC1. The molecule has 1 aromatic carbocycles. The lowest BCUT2D eigenvalue weighted by molar-refractivity contribution is -0.146. The smallest absolute Gasteiger partial charge is 0.227 e. The fraction of sp³-hybridized carbons (Fsp3) is 0.595. The fourth-order valence-electron chi connectivity index (χ4n) is 7.79. The summed E-state index contributed by atoms with van der Waals surface area (Å²) in [6.07, 6.45) is 12.7. The van der Waals surface area contributed by atoms with E-state index >= 15 is 0 Å². The van der Waals surface area contributed by atoms with Gasteiger partial charge in [-0.2, -0.15) is 0 Å². The van der Waals surface area contributed by atoms with E-state index in [2.05, 4.69) is 22.5 Å². The highest BCUT2D eigenvalue weighted by Crippen LogP contribution is 2.46. The molecule has 1 saturated carbocycles. The van der Waals surface area contributed by atoms with Crippen LogP contribution >= 0.6 is 11.6 Å². The van der Waals surface area contributed by atoms with Gasteiger partial charge in [-0.25, -0.2) is 0 Å². The van der Waals surface area contributed by atoms with Crippen LogP contribution in [0.1, 0.15) is 90.5 Å². The van der Waals surface area contributed by atoms with E-state index in [1.807, 2.05) is 62.1 Å². The molecule has 3 amide bonds. The van der Waals surface area contributed by atoms with Crippen LogP contribution < -0.4 is 16.4 Å². The molecule has 7 nitrogen and oxygen atoms in total. The summed E-state index contributed by atoms with van der Waals surface area (Å²) in [6.45, 7) is 7.19. The zero-order valence-corrected chi connectivity index (χ0v) is 27.8. The summed E-state index contributed by atoms with van der Waals surface area (Å²) in [5.74, 6) is 6.07. The van der Waals surface area contributed by atoms with Crippen molar-refractivity contribution in [3.63, 3.8) is 0 Å². The molecule has 45 heavy (non-hydrogen) atoms. The van der Waals surface area contributed by atoms with Gasteiger partial charge < -0.3 is 21.3 Å². The molecular formula is C37H49ClN4O3. The monoisotopic (exact) mass is 632 g/mol. The van der Waals surface area contributed by atoms with Crippen LogP contribution in [0.2, 0.25) is 5.02 Å². The van der Waals surface area contributed by atoms with E-state index in [1.54, 1.807) is 0 Å². The summed E-state index contributed by atoms with van der Waals surface area (Å²) in [5, 5.41) is 7.13. The minimum absolute atomic E-state index is 0.00516. The van der Waals surface area contributed by atoms with Crippen molar-refractivity contribution in [2.24, 2.45) is 23.0 Å². The van der Waals surface area contributed by atoms with Crippen molar-refractivity contribution in [1.29, 1.82) is 0 Å². The first kappa shape index (κ1) is 33.3. The highest BCUT2D eigenvalue weighted by molar-refractivity contribution is 6.30. The van der Waals surface area contributed by atoms with Crippen LogP contribution in [-0.2, 0) is 20.8 Å². The zero-order chi connectivity index (χ0) is 32.2. The Hall–Kier alpha value is -3.08. The number of piperidine rings is 1. The number of amides is 3. The summed E-state index contributed by atoms with van der Waals surface area (Å²) in [6, 6.07) is 6.75. The van der Waals surface area contributed by atoms with E-state index in [0.29, 0.717) is 56.1 Å². The number of hydrogen-bond acceptors (Lipinski definition) is 4. The fourth-order valence-corrected chi connectivity index (χ4v) is 7.91. The highest BCUT2D eigenvalue weighted by Gasteiger charge is 2.49. The quantitative estimate of drug-likeness (QED) is 0.331. The zero-order valence-electron chi connectivity index (χ0n) is 27.1. The second-order valence-electron chi connectivity index (χ2n) is 14.5. The third-order valence-corrected chi connectivity index (χ3v) is 10.5. The first-order valence-electron chi connectivity index (χ1n) is 16.7. The molecule has 1 saturated heterocycles. The van der Waals surface area contributed by atoms with Crippen molar-refractivity contribution in [3.05, 3.63) is 58.1 Å². The Kier molecular flexibility index (Phi) is 10.5. The van der Waals surface area contributed by atoms with Gasteiger partial charge in [0.05, 0.1) is 11.3 Å². The molecule has 1 heterocycles. The lowest BCUT2D eigenvalue weighted by Gasteiger charge is -2.47. The third kappa shape index (κ3) is 8.02. The third-order valence-electron chi connectivity index (χ3n) is 10.3. The Morgan fingerprint density at radius 1 is 1.09 bits per heavy atom. The van der Waals surface area contributed by atoms with Gasteiger partial charge in [0, 0.05) is 48.6 Å².